The molecule has 1 aromatic carbocycles. The van der Waals surface area contributed by atoms with Gasteiger partial charge in [-0.2, -0.15) is 0 Å². The number of alkyl halides is 1. The Morgan fingerprint density at radius 1 is 1.27 bits per heavy atom. The van der Waals surface area contributed by atoms with Crippen LogP contribution in [0.5, 0.6) is 0 Å². The number of nitrogens with one attached hydrogen (secondary N) is 1. The van der Waals surface area contributed by atoms with Gasteiger partial charge in [0, 0.05) is 6.54 Å². The standard InChI is InChI=1S/C12H16BrNO/c1-2-10-3-5-11(6-4-10)7-8-14-12(15)9-13/h3-6H,2,7-9H2,1H3,(H,14,15). The van der Waals surface area contributed by atoms with Gasteiger partial charge in [-0.1, -0.05) is 47.1 Å². The van der Waals surface area contributed by atoms with Gasteiger partial charge in [-0.3, -0.25) is 4.79 Å². The van der Waals surface area contributed by atoms with Crippen molar-refractivity contribution in [2.24, 2.45) is 0 Å². The van der Waals surface area contributed by atoms with Crippen LogP contribution in [0.3, 0.4) is 0 Å². The largest absolute Gasteiger partial charge is 0.355 e. The Kier molecular flexibility index (Phi) is 5.40. The van der Waals surface area contributed by atoms with E-state index in [1.807, 2.05) is 0 Å². The van der Waals surface area contributed by atoms with Crippen molar-refractivity contribution in [3.8, 4) is 0 Å². The number of halogens is 1. The summed E-state index contributed by atoms with van der Waals surface area (Å²) >= 11 is 3.11. The van der Waals surface area contributed by atoms with Crippen LogP contribution in [-0.2, 0) is 17.6 Å². The lowest BCUT2D eigenvalue weighted by Gasteiger charge is -2.04. The van der Waals surface area contributed by atoms with Crippen LogP contribution in [-0.4, -0.2) is 17.8 Å². The van der Waals surface area contributed by atoms with Crippen LogP contribution in [0.2, 0.25) is 0 Å². The normalized spacial score (nSPS) is 10.0. The topological polar surface area (TPSA) is 29.1 Å². The van der Waals surface area contributed by atoms with Gasteiger partial charge in [-0.25, -0.2) is 0 Å². The number of amides is 1. The Balaban J connectivity index is 2.34. The second kappa shape index (κ2) is 6.62. The van der Waals surface area contributed by atoms with Crippen molar-refractivity contribution in [2.75, 3.05) is 11.9 Å². The van der Waals surface area contributed by atoms with E-state index in [0.29, 0.717) is 11.9 Å². The molecule has 1 rings (SSSR count). The van der Waals surface area contributed by atoms with Crippen molar-refractivity contribution in [3.63, 3.8) is 0 Å². The third-order valence-corrected chi connectivity index (χ3v) is 2.80. The first-order valence-electron chi connectivity index (χ1n) is 5.16. The van der Waals surface area contributed by atoms with Gasteiger partial charge in [0.2, 0.25) is 5.91 Å². The predicted molar refractivity (Wildman–Crippen MR) is 66.3 cm³/mol. The molecule has 0 spiro atoms. The number of aryl methyl sites for hydroxylation is 1. The molecular weight excluding hydrogens is 254 g/mol. The van der Waals surface area contributed by atoms with Crippen LogP contribution in [0.25, 0.3) is 0 Å². The van der Waals surface area contributed by atoms with Gasteiger partial charge < -0.3 is 5.32 Å². The maximum absolute atomic E-state index is 10.9. The van der Waals surface area contributed by atoms with Crippen molar-refractivity contribution in [1.29, 1.82) is 0 Å². The smallest absolute Gasteiger partial charge is 0.230 e. The van der Waals surface area contributed by atoms with Crippen molar-refractivity contribution in [3.05, 3.63) is 35.4 Å². The highest BCUT2D eigenvalue weighted by Crippen LogP contribution is 2.05. The summed E-state index contributed by atoms with van der Waals surface area (Å²) in [7, 11) is 0. The zero-order chi connectivity index (χ0) is 11.1. The lowest BCUT2D eigenvalue weighted by atomic mass is 10.1. The molecule has 15 heavy (non-hydrogen) atoms. The van der Waals surface area contributed by atoms with E-state index in [2.05, 4.69) is 52.4 Å². The summed E-state index contributed by atoms with van der Waals surface area (Å²) < 4.78 is 0. The molecule has 3 heteroatoms. The molecular formula is C12H16BrNO. The van der Waals surface area contributed by atoms with Gasteiger partial charge in [0.25, 0.3) is 0 Å². The SMILES string of the molecule is CCc1ccc(CCNC(=O)CBr)cc1. The van der Waals surface area contributed by atoms with Crippen LogP contribution in [0.4, 0.5) is 0 Å². The predicted octanol–water partition coefficient (Wildman–Crippen LogP) is 2.30. The third kappa shape index (κ3) is 4.47. The first-order chi connectivity index (χ1) is 7.26. The summed E-state index contributed by atoms with van der Waals surface area (Å²) in [5, 5.41) is 3.20. The first-order valence-corrected chi connectivity index (χ1v) is 6.29. The minimum absolute atomic E-state index is 0.0418. The van der Waals surface area contributed by atoms with Crippen molar-refractivity contribution in [2.45, 2.75) is 19.8 Å². The number of rotatable bonds is 5. The summed E-state index contributed by atoms with van der Waals surface area (Å²) in [5.74, 6) is 0.0418. The molecule has 0 fully saturated rings. The maximum atomic E-state index is 10.9. The van der Waals surface area contributed by atoms with E-state index in [1.165, 1.54) is 11.1 Å². The first kappa shape index (κ1) is 12.2. The minimum atomic E-state index is 0.0418. The number of carbonyl (C=O) groups excluding carboxylic acids is 1. The molecule has 0 aliphatic carbocycles. The van der Waals surface area contributed by atoms with Crippen LogP contribution in [0.1, 0.15) is 18.1 Å². The average molecular weight is 270 g/mol. The molecule has 1 aromatic rings. The van der Waals surface area contributed by atoms with Crippen LogP contribution in [0.15, 0.2) is 24.3 Å². The summed E-state index contributed by atoms with van der Waals surface area (Å²) in [5.41, 5.74) is 2.62. The molecule has 0 saturated carbocycles. The zero-order valence-electron chi connectivity index (χ0n) is 8.92. The maximum Gasteiger partial charge on any atom is 0.230 e. The Labute approximate surface area is 99.2 Å². The molecule has 1 N–H and O–H groups in total. The van der Waals surface area contributed by atoms with Gasteiger partial charge in [0.1, 0.15) is 0 Å². The van der Waals surface area contributed by atoms with E-state index in [4.69, 9.17) is 0 Å². The van der Waals surface area contributed by atoms with Gasteiger partial charge in [-0.05, 0) is 24.0 Å². The summed E-state index contributed by atoms with van der Waals surface area (Å²) in [4.78, 5) is 10.9. The molecule has 0 aromatic heterocycles. The second-order valence-corrected chi connectivity index (χ2v) is 3.96. The van der Waals surface area contributed by atoms with Crippen LogP contribution >= 0.6 is 15.9 Å². The van der Waals surface area contributed by atoms with Gasteiger partial charge in [0.05, 0.1) is 5.33 Å². The zero-order valence-corrected chi connectivity index (χ0v) is 10.5. The number of hydrogen-bond acceptors (Lipinski definition) is 1. The van der Waals surface area contributed by atoms with Gasteiger partial charge in [0.15, 0.2) is 0 Å². The van der Waals surface area contributed by atoms with E-state index in [1.54, 1.807) is 0 Å². The Morgan fingerprint density at radius 3 is 2.40 bits per heavy atom. The Morgan fingerprint density at radius 2 is 1.87 bits per heavy atom. The molecule has 0 bridgehead atoms. The van der Waals surface area contributed by atoms with Gasteiger partial charge >= 0.3 is 0 Å². The average Bonchev–Trinajstić information content (AvgIpc) is 2.29. The van der Waals surface area contributed by atoms with Gasteiger partial charge in [-0.15, -0.1) is 0 Å². The fourth-order valence-corrected chi connectivity index (χ4v) is 1.53. The van der Waals surface area contributed by atoms with Crippen molar-refractivity contribution >= 4 is 21.8 Å². The fourth-order valence-electron chi connectivity index (χ4n) is 1.34. The van der Waals surface area contributed by atoms with Crippen molar-refractivity contribution in [1.82, 2.24) is 5.32 Å². The highest BCUT2D eigenvalue weighted by molar-refractivity contribution is 9.09. The summed E-state index contributed by atoms with van der Waals surface area (Å²) in [6, 6.07) is 8.53. The van der Waals surface area contributed by atoms with E-state index < -0.39 is 0 Å². The third-order valence-electron chi connectivity index (χ3n) is 2.29. The quantitative estimate of drug-likeness (QED) is 0.817. The lowest BCUT2D eigenvalue weighted by Crippen LogP contribution is -2.26. The molecule has 0 unspecified atom stereocenters. The summed E-state index contributed by atoms with van der Waals surface area (Å²) in [6.45, 7) is 2.85. The number of benzene rings is 1. The highest BCUT2D eigenvalue weighted by atomic mass is 79.9. The lowest BCUT2D eigenvalue weighted by molar-refractivity contribution is -0.118. The molecule has 0 aliphatic heterocycles. The second-order valence-electron chi connectivity index (χ2n) is 3.40. The van der Waals surface area contributed by atoms with Crippen LogP contribution in [0, 0.1) is 0 Å². The minimum Gasteiger partial charge on any atom is -0.355 e. The highest BCUT2D eigenvalue weighted by Gasteiger charge is 1.97. The Bertz CT molecular complexity index is 308. The van der Waals surface area contributed by atoms with Crippen molar-refractivity contribution < 1.29 is 4.79 Å². The number of carbonyl (C=O) groups is 1. The molecule has 82 valence electrons. The summed E-state index contributed by atoms with van der Waals surface area (Å²) in [6.07, 6.45) is 1.96. The molecule has 0 atom stereocenters. The van der Waals surface area contributed by atoms with E-state index in [9.17, 15) is 4.79 Å². The monoisotopic (exact) mass is 269 g/mol. The fraction of sp³-hybridized carbons (Fsp3) is 0.417. The molecule has 2 nitrogen and oxygen atoms in total. The number of hydrogen-bond donors (Lipinski definition) is 1. The van der Waals surface area contributed by atoms with E-state index in [0.717, 1.165) is 12.8 Å². The molecule has 0 radical (unpaired) electrons. The molecule has 1 amide bonds. The van der Waals surface area contributed by atoms with Crippen LogP contribution < -0.4 is 5.32 Å². The van der Waals surface area contributed by atoms with E-state index >= 15 is 0 Å². The van der Waals surface area contributed by atoms with E-state index in [-0.39, 0.29) is 5.91 Å². The Hall–Kier alpha value is -0.830. The molecule has 0 heterocycles. The molecule has 0 aliphatic rings. The molecule has 0 saturated heterocycles.